The lowest BCUT2D eigenvalue weighted by molar-refractivity contribution is 0.0526. The monoisotopic (exact) mass is 397 g/mol. The Labute approximate surface area is 175 Å². The number of aromatic nitrogens is 1. The normalized spacial score (nSPS) is 10.8. The Hall–Kier alpha value is -3.86. The van der Waals surface area contributed by atoms with Gasteiger partial charge in [0.2, 0.25) is 0 Å². The fraction of sp³-hybridized carbons (Fsp3) is 0.120. The first-order valence-electron chi connectivity index (χ1n) is 9.86. The van der Waals surface area contributed by atoms with Crippen molar-refractivity contribution in [3.63, 3.8) is 0 Å². The van der Waals surface area contributed by atoms with Crippen molar-refractivity contribution in [3.8, 4) is 11.1 Å². The maximum absolute atomic E-state index is 12.8. The van der Waals surface area contributed by atoms with Crippen LogP contribution in [0.15, 0.2) is 72.9 Å². The van der Waals surface area contributed by atoms with Gasteiger partial charge in [-0.2, -0.15) is 0 Å². The molecule has 0 bridgehead atoms. The van der Waals surface area contributed by atoms with E-state index in [1.807, 2.05) is 36.5 Å². The minimum absolute atomic E-state index is 0.0125. The van der Waals surface area contributed by atoms with E-state index in [2.05, 4.69) is 35.3 Å². The van der Waals surface area contributed by atoms with Gasteiger partial charge in [0.05, 0.1) is 12.2 Å². The number of carbonyl (C=O) groups excluding carboxylic acids is 1. The van der Waals surface area contributed by atoms with E-state index in [0.29, 0.717) is 24.2 Å². The quantitative estimate of drug-likeness (QED) is 0.246. The number of hydrogen-bond donors (Lipinski definition) is 3. The van der Waals surface area contributed by atoms with Gasteiger partial charge in [0, 0.05) is 29.4 Å². The molecule has 0 aliphatic carbocycles. The molecule has 0 aliphatic heterocycles. The van der Waals surface area contributed by atoms with E-state index in [-0.39, 0.29) is 11.8 Å². The summed E-state index contributed by atoms with van der Waals surface area (Å²) in [6, 6.07) is 21.8. The summed E-state index contributed by atoms with van der Waals surface area (Å²) in [4.78, 5) is 16.1. The van der Waals surface area contributed by atoms with E-state index in [1.54, 1.807) is 13.0 Å². The second-order valence-electron chi connectivity index (χ2n) is 7.13. The summed E-state index contributed by atoms with van der Waals surface area (Å²) in [5.41, 5.74) is 10.2. The zero-order valence-electron chi connectivity index (χ0n) is 16.7. The summed E-state index contributed by atoms with van der Waals surface area (Å²) in [5, 5.41) is 10.0. The first-order chi connectivity index (χ1) is 14.6. The highest BCUT2D eigenvalue weighted by Gasteiger charge is 2.21. The molecule has 0 radical (unpaired) electrons. The first-order valence-corrected chi connectivity index (χ1v) is 9.86. The largest absolute Gasteiger partial charge is 0.462 e. The number of nitrogens with one attached hydrogen (secondary N) is 2. The number of esters is 1. The second-order valence-corrected chi connectivity index (χ2v) is 7.13. The lowest BCUT2D eigenvalue weighted by Crippen LogP contribution is -2.11. The zero-order chi connectivity index (χ0) is 21.1. The highest BCUT2D eigenvalue weighted by atomic mass is 16.5. The molecule has 0 saturated carbocycles. The van der Waals surface area contributed by atoms with E-state index in [9.17, 15) is 4.79 Å². The van der Waals surface area contributed by atoms with Gasteiger partial charge in [0.25, 0.3) is 0 Å². The Bertz CT molecular complexity index is 1240. The van der Waals surface area contributed by atoms with Gasteiger partial charge in [-0.3, -0.25) is 5.41 Å². The van der Waals surface area contributed by atoms with Crippen LogP contribution < -0.4 is 5.73 Å². The summed E-state index contributed by atoms with van der Waals surface area (Å²) in [6.45, 7) is 2.09. The molecule has 0 amide bonds. The van der Waals surface area contributed by atoms with Crippen LogP contribution in [-0.4, -0.2) is 23.4 Å². The van der Waals surface area contributed by atoms with Gasteiger partial charge in [-0.15, -0.1) is 0 Å². The lowest BCUT2D eigenvalue weighted by Gasteiger charge is -2.09. The molecule has 0 aliphatic rings. The van der Waals surface area contributed by atoms with E-state index in [4.69, 9.17) is 15.9 Å². The molecule has 4 aromatic rings. The molecule has 4 rings (SSSR count). The molecule has 5 nitrogen and oxygen atoms in total. The average Bonchev–Trinajstić information content (AvgIpc) is 3.17. The third-order valence-corrected chi connectivity index (χ3v) is 5.12. The maximum Gasteiger partial charge on any atom is 0.340 e. The maximum atomic E-state index is 12.8. The summed E-state index contributed by atoms with van der Waals surface area (Å²) in [7, 11) is 0. The molecule has 1 heterocycles. The number of hydrogen-bond acceptors (Lipinski definition) is 3. The van der Waals surface area contributed by atoms with Crippen LogP contribution in [0.3, 0.4) is 0 Å². The average molecular weight is 397 g/mol. The fourth-order valence-electron chi connectivity index (χ4n) is 3.68. The van der Waals surface area contributed by atoms with Crippen LogP contribution in [0.5, 0.6) is 0 Å². The van der Waals surface area contributed by atoms with Crippen LogP contribution in [0.25, 0.3) is 21.9 Å². The van der Waals surface area contributed by atoms with Crippen molar-refractivity contribution in [1.29, 1.82) is 5.41 Å². The molecule has 1 aromatic heterocycles. The Morgan fingerprint density at radius 2 is 1.83 bits per heavy atom. The van der Waals surface area contributed by atoms with Gasteiger partial charge < -0.3 is 15.5 Å². The smallest absolute Gasteiger partial charge is 0.340 e. The molecular formula is C25H23N3O2. The fourth-order valence-corrected chi connectivity index (χ4v) is 3.68. The number of carbonyl (C=O) groups is 1. The second kappa shape index (κ2) is 8.25. The van der Waals surface area contributed by atoms with E-state index in [1.165, 1.54) is 5.39 Å². The number of nitrogen functional groups attached to an aromatic ring is 1. The van der Waals surface area contributed by atoms with Gasteiger partial charge in [-0.05, 0) is 34.9 Å². The van der Waals surface area contributed by atoms with Crippen molar-refractivity contribution < 1.29 is 9.53 Å². The molecule has 30 heavy (non-hydrogen) atoms. The summed E-state index contributed by atoms with van der Waals surface area (Å²) < 4.78 is 5.35. The number of benzene rings is 3. The van der Waals surface area contributed by atoms with Crippen LogP contribution in [0.4, 0.5) is 0 Å². The summed E-state index contributed by atoms with van der Waals surface area (Å²) in [5.74, 6) is -0.376. The number of rotatable bonds is 6. The molecule has 0 unspecified atom stereocenters. The number of amidine groups is 1. The molecule has 5 heteroatoms. The number of nitrogens with two attached hydrogens (primary N) is 1. The van der Waals surface area contributed by atoms with Gasteiger partial charge >= 0.3 is 5.97 Å². The number of H-pyrrole nitrogens is 1. The van der Waals surface area contributed by atoms with Gasteiger partial charge in [0.15, 0.2) is 0 Å². The van der Waals surface area contributed by atoms with Crippen LogP contribution in [0.2, 0.25) is 0 Å². The first kappa shape index (κ1) is 19.5. The predicted octanol–water partition coefficient (Wildman–Crippen LogP) is 4.89. The van der Waals surface area contributed by atoms with Gasteiger partial charge in [0.1, 0.15) is 5.84 Å². The van der Waals surface area contributed by atoms with Gasteiger partial charge in [-0.25, -0.2) is 4.79 Å². The Morgan fingerprint density at radius 3 is 2.60 bits per heavy atom. The molecule has 0 spiro atoms. The molecule has 0 atom stereocenters. The molecule has 0 saturated heterocycles. The van der Waals surface area contributed by atoms with E-state index in [0.717, 1.165) is 27.8 Å². The SMILES string of the molecule is CCOC(=O)c1c(-c2cccc(C(=N)N)c2)c[nH]c1Cc1ccc2ccccc2c1. The minimum Gasteiger partial charge on any atom is -0.462 e. The summed E-state index contributed by atoms with van der Waals surface area (Å²) >= 11 is 0. The number of aromatic amines is 1. The van der Waals surface area contributed by atoms with E-state index < -0.39 is 0 Å². The highest BCUT2D eigenvalue weighted by molar-refractivity contribution is 6.00. The van der Waals surface area contributed by atoms with Crippen molar-refractivity contribution in [2.24, 2.45) is 5.73 Å². The third kappa shape index (κ3) is 3.82. The zero-order valence-corrected chi connectivity index (χ0v) is 16.7. The highest BCUT2D eigenvalue weighted by Crippen LogP contribution is 2.30. The van der Waals surface area contributed by atoms with Gasteiger partial charge in [-0.1, -0.05) is 60.7 Å². The third-order valence-electron chi connectivity index (χ3n) is 5.12. The van der Waals surface area contributed by atoms with Crippen molar-refractivity contribution in [2.45, 2.75) is 13.3 Å². The predicted molar refractivity (Wildman–Crippen MR) is 120 cm³/mol. The Morgan fingerprint density at radius 1 is 1.03 bits per heavy atom. The van der Waals surface area contributed by atoms with Crippen LogP contribution in [0.1, 0.15) is 34.1 Å². The van der Waals surface area contributed by atoms with Crippen LogP contribution in [-0.2, 0) is 11.2 Å². The minimum atomic E-state index is -0.363. The molecule has 4 N–H and O–H groups in total. The lowest BCUT2D eigenvalue weighted by atomic mass is 9.97. The van der Waals surface area contributed by atoms with Crippen molar-refractivity contribution >= 4 is 22.6 Å². The molecule has 0 fully saturated rings. The number of ether oxygens (including phenoxy) is 1. The summed E-state index contributed by atoms with van der Waals surface area (Å²) in [6.07, 6.45) is 2.40. The molecule has 3 aromatic carbocycles. The van der Waals surface area contributed by atoms with Crippen molar-refractivity contribution in [3.05, 3.63) is 95.3 Å². The van der Waals surface area contributed by atoms with E-state index >= 15 is 0 Å². The Kier molecular flexibility index (Phi) is 5.35. The van der Waals surface area contributed by atoms with Crippen LogP contribution in [0, 0.1) is 5.41 Å². The van der Waals surface area contributed by atoms with Crippen molar-refractivity contribution in [2.75, 3.05) is 6.61 Å². The molecule has 150 valence electrons. The van der Waals surface area contributed by atoms with Crippen LogP contribution >= 0.6 is 0 Å². The number of fused-ring (bicyclic) bond motifs is 1. The van der Waals surface area contributed by atoms with Crippen molar-refractivity contribution in [1.82, 2.24) is 4.98 Å². The molecular weight excluding hydrogens is 374 g/mol. The Balaban J connectivity index is 1.77. The standard InChI is InChI=1S/C25H23N3O2/c1-2-30-25(29)23-21(19-8-5-9-20(14-19)24(26)27)15-28-22(23)13-16-10-11-17-6-3-4-7-18(17)12-16/h3-12,14-15,28H,2,13H2,1H3,(H3,26,27). The topological polar surface area (TPSA) is 92.0 Å².